The number of nitrogens with zero attached hydrogens (tertiary/aromatic N) is 2. The van der Waals surface area contributed by atoms with Gasteiger partial charge in [-0.3, -0.25) is 4.98 Å². The number of hydrogen-bond donors (Lipinski definition) is 0. The second-order valence-electron chi connectivity index (χ2n) is 10.1. The monoisotopic (exact) mass is 526 g/mol. The second kappa shape index (κ2) is 10.4. The van der Waals surface area contributed by atoms with Gasteiger partial charge in [0.1, 0.15) is 0 Å². The molecular formula is C39H30N2. The molecule has 0 spiro atoms. The molecule has 2 heteroatoms. The Bertz CT molecular complexity index is 1920. The Morgan fingerprint density at radius 2 is 1.02 bits per heavy atom. The summed E-state index contributed by atoms with van der Waals surface area (Å²) in [6, 6.07) is 48.2. The first-order valence-electron chi connectivity index (χ1n) is 14.3. The Balaban J connectivity index is 0.00000135. The van der Waals surface area contributed by atoms with Crippen molar-refractivity contribution in [1.82, 2.24) is 4.98 Å². The van der Waals surface area contributed by atoms with Crippen molar-refractivity contribution in [3.05, 3.63) is 146 Å². The summed E-state index contributed by atoms with van der Waals surface area (Å²) in [6.45, 7) is 4.00. The minimum absolute atomic E-state index is 1.08. The lowest BCUT2D eigenvalue weighted by molar-refractivity contribution is 1.24. The van der Waals surface area contributed by atoms with Crippen LogP contribution in [0, 0.1) is 0 Å². The largest absolute Gasteiger partial charge is 0.310 e. The first-order chi connectivity index (χ1) is 20.3. The smallest absolute Gasteiger partial charge is 0.0492 e. The van der Waals surface area contributed by atoms with Crippen molar-refractivity contribution in [2.45, 2.75) is 13.8 Å². The summed E-state index contributed by atoms with van der Waals surface area (Å²) in [7, 11) is 0. The zero-order chi connectivity index (χ0) is 27.8. The van der Waals surface area contributed by atoms with Crippen LogP contribution in [-0.2, 0) is 0 Å². The molecule has 0 unspecified atom stereocenters. The molecule has 0 fully saturated rings. The minimum atomic E-state index is 1.08. The van der Waals surface area contributed by atoms with E-state index in [0.717, 1.165) is 17.1 Å². The third kappa shape index (κ3) is 4.16. The van der Waals surface area contributed by atoms with Crippen LogP contribution in [0.4, 0.5) is 17.1 Å². The zero-order valence-corrected chi connectivity index (χ0v) is 23.3. The van der Waals surface area contributed by atoms with E-state index in [1.165, 1.54) is 54.9 Å². The van der Waals surface area contributed by atoms with Gasteiger partial charge in [-0.15, -0.1) is 0 Å². The van der Waals surface area contributed by atoms with Crippen LogP contribution in [0.2, 0.25) is 0 Å². The number of pyridine rings is 1. The standard InChI is InChI=1S/C37H24N2.C2H6/c1-2-11-28(12-3-1)39(29-18-20-38-21-19-29)30-13-6-10-27(22-30)31-16-17-34-36-24-26-9-5-4-8-25(26)23-35(36)33-15-7-14-32(31)37(33)34;1-2/h1-24H;1-2H3. The van der Waals surface area contributed by atoms with Gasteiger partial charge in [0.2, 0.25) is 0 Å². The van der Waals surface area contributed by atoms with Crippen LogP contribution in [0.25, 0.3) is 54.9 Å². The van der Waals surface area contributed by atoms with Crippen molar-refractivity contribution in [2.24, 2.45) is 0 Å². The normalized spacial score (nSPS) is 11.2. The molecular weight excluding hydrogens is 496 g/mol. The van der Waals surface area contributed by atoms with E-state index in [4.69, 9.17) is 0 Å². The number of fused-ring (bicyclic) bond motifs is 4. The fourth-order valence-corrected chi connectivity index (χ4v) is 6.12. The molecule has 1 heterocycles. The summed E-state index contributed by atoms with van der Waals surface area (Å²) >= 11 is 0. The molecule has 2 nitrogen and oxygen atoms in total. The third-order valence-corrected chi connectivity index (χ3v) is 7.86. The highest BCUT2D eigenvalue weighted by atomic mass is 15.1. The van der Waals surface area contributed by atoms with Gasteiger partial charge >= 0.3 is 0 Å². The predicted octanol–water partition coefficient (Wildman–Crippen LogP) is 11.2. The highest BCUT2D eigenvalue weighted by Crippen LogP contribution is 2.50. The lowest BCUT2D eigenvalue weighted by atomic mass is 9.94. The average molecular weight is 527 g/mol. The van der Waals surface area contributed by atoms with Crippen LogP contribution in [0.1, 0.15) is 13.8 Å². The highest BCUT2D eigenvalue weighted by molar-refractivity contribution is 6.20. The Labute approximate surface area is 241 Å². The van der Waals surface area contributed by atoms with Crippen molar-refractivity contribution in [2.75, 3.05) is 4.90 Å². The third-order valence-electron chi connectivity index (χ3n) is 7.86. The topological polar surface area (TPSA) is 16.1 Å². The Morgan fingerprint density at radius 1 is 0.439 bits per heavy atom. The summed E-state index contributed by atoms with van der Waals surface area (Å²) in [5, 5.41) is 5.20. The van der Waals surface area contributed by atoms with Crippen LogP contribution >= 0.6 is 0 Å². The summed E-state index contributed by atoms with van der Waals surface area (Å²) in [5.74, 6) is 0. The van der Waals surface area contributed by atoms with Gasteiger partial charge in [0.15, 0.2) is 0 Å². The fraction of sp³-hybridized carbons (Fsp3) is 0.0513. The van der Waals surface area contributed by atoms with E-state index < -0.39 is 0 Å². The average Bonchev–Trinajstić information content (AvgIpc) is 3.36. The van der Waals surface area contributed by atoms with E-state index in [2.05, 4.69) is 143 Å². The zero-order valence-electron chi connectivity index (χ0n) is 23.3. The van der Waals surface area contributed by atoms with E-state index >= 15 is 0 Å². The molecule has 196 valence electrons. The molecule has 0 radical (unpaired) electrons. The molecule has 0 saturated carbocycles. The van der Waals surface area contributed by atoms with E-state index in [0.29, 0.717) is 0 Å². The highest BCUT2D eigenvalue weighted by Gasteiger charge is 2.23. The number of benzene rings is 6. The molecule has 0 saturated heterocycles. The van der Waals surface area contributed by atoms with Gasteiger partial charge in [0, 0.05) is 29.5 Å². The maximum Gasteiger partial charge on any atom is 0.0492 e. The van der Waals surface area contributed by atoms with E-state index in [9.17, 15) is 0 Å². The molecule has 0 bridgehead atoms. The van der Waals surface area contributed by atoms with Crippen molar-refractivity contribution in [3.8, 4) is 33.4 Å². The summed E-state index contributed by atoms with van der Waals surface area (Å²) < 4.78 is 0. The molecule has 6 aromatic carbocycles. The molecule has 0 aliphatic heterocycles. The van der Waals surface area contributed by atoms with Gasteiger partial charge in [-0.25, -0.2) is 0 Å². The van der Waals surface area contributed by atoms with Crippen molar-refractivity contribution < 1.29 is 0 Å². The van der Waals surface area contributed by atoms with Crippen LogP contribution in [-0.4, -0.2) is 4.98 Å². The van der Waals surface area contributed by atoms with Crippen LogP contribution in [0.3, 0.4) is 0 Å². The first kappa shape index (κ1) is 24.8. The van der Waals surface area contributed by atoms with Crippen molar-refractivity contribution >= 4 is 38.6 Å². The van der Waals surface area contributed by atoms with E-state index in [-0.39, 0.29) is 0 Å². The molecule has 1 aliphatic rings. The van der Waals surface area contributed by atoms with Crippen molar-refractivity contribution in [1.29, 1.82) is 0 Å². The van der Waals surface area contributed by atoms with Gasteiger partial charge in [0.25, 0.3) is 0 Å². The van der Waals surface area contributed by atoms with Gasteiger partial charge in [0.05, 0.1) is 0 Å². The molecule has 0 N–H and O–H groups in total. The molecule has 1 aliphatic carbocycles. The Hall–Kier alpha value is -5.21. The molecule has 7 aromatic rings. The Morgan fingerprint density at radius 3 is 1.76 bits per heavy atom. The van der Waals surface area contributed by atoms with Gasteiger partial charge in [-0.05, 0) is 103 Å². The van der Waals surface area contributed by atoms with Crippen molar-refractivity contribution in [3.63, 3.8) is 0 Å². The van der Waals surface area contributed by atoms with Crippen LogP contribution < -0.4 is 4.90 Å². The van der Waals surface area contributed by atoms with E-state index in [1.807, 2.05) is 26.2 Å². The number of aromatic nitrogens is 1. The SMILES string of the molecule is CC.c1ccc(N(c2ccncc2)c2cccc(-c3ccc4c5c(cccc35)-c3cc5ccccc5cc3-4)c2)cc1. The molecule has 41 heavy (non-hydrogen) atoms. The maximum atomic E-state index is 4.24. The maximum absolute atomic E-state index is 4.24. The lowest BCUT2D eigenvalue weighted by Crippen LogP contribution is -2.09. The van der Waals surface area contributed by atoms with Crippen LogP contribution in [0.5, 0.6) is 0 Å². The summed E-state index contributed by atoms with van der Waals surface area (Å²) in [5.41, 5.74) is 11.1. The van der Waals surface area contributed by atoms with Gasteiger partial charge < -0.3 is 4.90 Å². The first-order valence-corrected chi connectivity index (χ1v) is 14.3. The number of hydrogen-bond acceptors (Lipinski definition) is 2. The van der Waals surface area contributed by atoms with Crippen LogP contribution in [0.15, 0.2) is 146 Å². The Kier molecular flexibility index (Phi) is 6.29. The van der Waals surface area contributed by atoms with Gasteiger partial charge in [-0.2, -0.15) is 0 Å². The van der Waals surface area contributed by atoms with E-state index in [1.54, 1.807) is 0 Å². The molecule has 0 amide bonds. The fourth-order valence-electron chi connectivity index (χ4n) is 6.12. The predicted molar refractivity (Wildman–Crippen MR) is 175 cm³/mol. The summed E-state index contributed by atoms with van der Waals surface area (Å²) in [6.07, 6.45) is 3.69. The summed E-state index contributed by atoms with van der Waals surface area (Å²) in [4.78, 5) is 6.53. The molecule has 8 rings (SSSR count). The number of para-hydroxylation sites is 1. The lowest BCUT2D eigenvalue weighted by Gasteiger charge is -2.25. The molecule has 1 aromatic heterocycles. The minimum Gasteiger partial charge on any atom is -0.310 e. The quantitative estimate of drug-likeness (QED) is 0.227. The van der Waals surface area contributed by atoms with Gasteiger partial charge in [-0.1, -0.05) is 98.8 Å². The second-order valence-corrected chi connectivity index (χ2v) is 10.1. The number of anilines is 3. The number of rotatable bonds is 4. The molecule has 0 atom stereocenters.